The molecule has 0 fully saturated rings. The first-order valence-corrected chi connectivity index (χ1v) is 7.30. The van der Waals surface area contributed by atoms with E-state index in [1.807, 2.05) is 6.07 Å². The molecule has 0 unspecified atom stereocenters. The van der Waals surface area contributed by atoms with Gasteiger partial charge in [0.2, 0.25) is 0 Å². The molecule has 0 atom stereocenters. The summed E-state index contributed by atoms with van der Waals surface area (Å²) in [6.07, 6.45) is 0. The molecule has 0 radical (unpaired) electrons. The summed E-state index contributed by atoms with van der Waals surface area (Å²) in [5, 5.41) is 20.6. The van der Waals surface area contributed by atoms with Crippen molar-refractivity contribution in [3.05, 3.63) is 64.4 Å². The predicted molar refractivity (Wildman–Crippen MR) is 91.7 cm³/mol. The average molecular weight is 324 g/mol. The lowest BCUT2D eigenvalue weighted by atomic mass is 10.1. The number of hydrogen-bond donors (Lipinski definition) is 2. The van der Waals surface area contributed by atoms with E-state index in [1.165, 1.54) is 29.6 Å². The SMILES string of the molecule is CN(C(=O)c1c(O)c2c(O)cccc2n(C)c1=O)c1ccccc1. The van der Waals surface area contributed by atoms with E-state index in [0.29, 0.717) is 11.2 Å². The highest BCUT2D eigenvalue weighted by Crippen LogP contribution is 2.33. The van der Waals surface area contributed by atoms with Crippen molar-refractivity contribution in [1.82, 2.24) is 4.57 Å². The molecule has 0 aliphatic heterocycles. The Hall–Kier alpha value is -3.28. The number of aromatic nitrogens is 1. The summed E-state index contributed by atoms with van der Waals surface area (Å²) in [6.45, 7) is 0. The summed E-state index contributed by atoms with van der Waals surface area (Å²) in [6, 6.07) is 13.3. The third-order valence-corrected chi connectivity index (χ3v) is 4.04. The third kappa shape index (κ3) is 2.28. The van der Waals surface area contributed by atoms with Gasteiger partial charge >= 0.3 is 0 Å². The summed E-state index contributed by atoms with van der Waals surface area (Å²) in [7, 11) is 3.01. The van der Waals surface area contributed by atoms with Gasteiger partial charge < -0.3 is 19.7 Å². The Morgan fingerprint density at radius 1 is 1.04 bits per heavy atom. The molecule has 0 aliphatic carbocycles. The Balaban J connectivity index is 2.25. The molecular formula is C18H16N2O4. The number of fused-ring (bicyclic) bond motifs is 1. The molecule has 24 heavy (non-hydrogen) atoms. The maximum Gasteiger partial charge on any atom is 0.267 e. The Labute approximate surface area is 137 Å². The van der Waals surface area contributed by atoms with Crippen LogP contribution in [-0.4, -0.2) is 27.7 Å². The van der Waals surface area contributed by atoms with Gasteiger partial charge in [-0.3, -0.25) is 9.59 Å². The summed E-state index contributed by atoms with van der Waals surface area (Å²) < 4.78 is 1.24. The predicted octanol–water partition coefficient (Wildman–Crippen LogP) is 2.23. The number of amides is 1. The van der Waals surface area contributed by atoms with Crippen LogP contribution in [0.25, 0.3) is 10.9 Å². The fourth-order valence-electron chi connectivity index (χ4n) is 2.68. The molecule has 3 rings (SSSR count). The number of pyridine rings is 1. The molecule has 0 saturated heterocycles. The number of anilines is 1. The van der Waals surface area contributed by atoms with Gasteiger partial charge in [-0.05, 0) is 24.3 Å². The van der Waals surface area contributed by atoms with Gasteiger partial charge in [0.1, 0.15) is 17.1 Å². The highest BCUT2D eigenvalue weighted by atomic mass is 16.3. The molecule has 1 amide bonds. The van der Waals surface area contributed by atoms with Gasteiger partial charge in [-0.25, -0.2) is 0 Å². The van der Waals surface area contributed by atoms with Crippen LogP contribution in [0.1, 0.15) is 10.4 Å². The van der Waals surface area contributed by atoms with Crippen molar-refractivity contribution in [1.29, 1.82) is 0 Å². The van der Waals surface area contributed by atoms with Gasteiger partial charge in [0.05, 0.1) is 10.9 Å². The molecule has 0 saturated carbocycles. The number of para-hydroxylation sites is 1. The monoisotopic (exact) mass is 324 g/mol. The Morgan fingerprint density at radius 3 is 2.38 bits per heavy atom. The molecule has 1 aromatic heterocycles. The number of carbonyl (C=O) groups excluding carboxylic acids is 1. The van der Waals surface area contributed by atoms with Gasteiger partial charge in [0.15, 0.2) is 0 Å². The number of carbonyl (C=O) groups is 1. The fourth-order valence-corrected chi connectivity index (χ4v) is 2.68. The number of hydrogen-bond acceptors (Lipinski definition) is 4. The van der Waals surface area contributed by atoms with Gasteiger partial charge in [0.25, 0.3) is 11.5 Å². The minimum atomic E-state index is -0.649. The van der Waals surface area contributed by atoms with E-state index in [9.17, 15) is 19.8 Å². The molecule has 2 N–H and O–H groups in total. The lowest BCUT2D eigenvalue weighted by Crippen LogP contribution is -2.34. The average Bonchev–Trinajstić information content (AvgIpc) is 2.59. The van der Waals surface area contributed by atoms with Gasteiger partial charge in [-0.15, -0.1) is 0 Å². The van der Waals surface area contributed by atoms with Crippen molar-refractivity contribution in [3.8, 4) is 11.5 Å². The number of aryl methyl sites for hydroxylation is 1. The van der Waals surface area contributed by atoms with Gasteiger partial charge in [0, 0.05) is 19.8 Å². The molecule has 6 heteroatoms. The minimum absolute atomic E-state index is 0.0735. The smallest absolute Gasteiger partial charge is 0.267 e. The van der Waals surface area contributed by atoms with Crippen molar-refractivity contribution in [2.24, 2.45) is 7.05 Å². The molecule has 0 spiro atoms. The highest BCUT2D eigenvalue weighted by molar-refractivity contribution is 6.10. The molecule has 6 nitrogen and oxygen atoms in total. The first kappa shape index (κ1) is 15.6. The molecule has 1 heterocycles. The van der Waals surface area contributed by atoms with E-state index < -0.39 is 17.2 Å². The van der Waals surface area contributed by atoms with Crippen LogP contribution in [0.4, 0.5) is 5.69 Å². The van der Waals surface area contributed by atoms with Crippen LogP contribution in [0.2, 0.25) is 0 Å². The molecule has 122 valence electrons. The normalized spacial score (nSPS) is 10.8. The first-order chi connectivity index (χ1) is 11.4. The van der Waals surface area contributed by atoms with E-state index >= 15 is 0 Å². The Morgan fingerprint density at radius 2 is 1.71 bits per heavy atom. The van der Waals surface area contributed by atoms with Crippen LogP contribution in [0.15, 0.2) is 53.3 Å². The maximum atomic E-state index is 12.8. The Kier molecular flexibility index (Phi) is 3.73. The molecule has 0 bridgehead atoms. The zero-order valence-electron chi connectivity index (χ0n) is 13.2. The third-order valence-electron chi connectivity index (χ3n) is 4.04. The summed E-state index contributed by atoms with van der Waals surface area (Å²) in [5.74, 6) is -1.36. The van der Waals surface area contributed by atoms with Crippen LogP contribution in [-0.2, 0) is 7.05 Å². The number of rotatable bonds is 2. The summed E-state index contributed by atoms with van der Waals surface area (Å²) in [4.78, 5) is 26.6. The number of aromatic hydroxyl groups is 2. The van der Waals surface area contributed by atoms with Gasteiger partial charge in [-0.2, -0.15) is 0 Å². The second-order valence-electron chi connectivity index (χ2n) is 5.46. The zero-order valence-corrected chi connectivity index (χ0v) is 13.2. The Bertz CT molecular complexity index is 993. The molecule has 0 aliphatic rings. The van der Waals surface area contributed by atoms with Crippen molar-refractivity contribution < 1.29 is 15.0 Å². The zero-order chi connectivity index (χ0) is 17.4. The standard InChI is InChI=1S/C18H16N2O4/c1-19(11-7-4-3-5-8-11)17(23)15-16(22)14-12(20(2)18(15)24)9-6-10-13(14)21/h3-10,21-22H,1-2H3. The van der Waals surface area contributed by atoms with Crippen molar-refractivity contribution in [3.63, 3.8) is 0 Å². The summed E-state index contributed by atoms with van der Waals surface area (Å²) >= 11 is 0. The number of phenols is 1. The number of phenolic OH excluding ortho intramolecular Hbond substituents is 1. The van der Waals surface area contributed by atoms with E-state index in [0.717, 1.165) is 0 Å². The maximum absolute atomic E-state index is 12.8. The first-order valence-electron chi connectivity index (χ1n) is 7.30. The number of benzene rings is 2. The van der Waals surface area contributed by atoms with Crippen molar-refractivity contribution >= 4 is 22.5 Å². The van der Waals surface area contributed by atoms with E-state index in [4.69, 9.17) is 0 Å². The van der Waals surface area contributed by atoms with Gasteiger partial charge in [-0.1, -0.05) is 24.3 Å². The largest absolute Gasteiger partial charge is 0.507 e. The van der Waals surface area contributed by atoms with E-state index in [-0.39, 0.29) is 16.7 Å². The van der Waals surface area contributed by atoms with Crippen LogP contribution < -0.4 is 10.5 Å². The molecule has 3 aromatic rings. The highest BCUT2D eigenvalue weighted by Gasteiger charge is 2.25. The number of nitrogens with zero attached hydrogens (tertiary/aromatic N) is 2. The van der Waals surface area contributed by atoms with Crippen molar-refractivity contribution in [2.45, 2.75) is 0 Å². The minimum Gasteiger partial charge on any atom is -0.507 e. The van der Waals surface area contributed by atoms with Crippen LogP contribution in [0.3, 0.4) is 0 Å². The van der Waals surface area contributed by atoms with E-state index in [1.54, 1.807) is 36.4 Å². The van der Waals surface area contributed by atoms with Crippen LogP contribution in [0.5, 0.6) is 11.5 Å². The lowest BCUT2D eigenvalue weighted by molar-refractivity contribution is 0.0988. The molecule has 2 aromatic carbocycles. The quantitative estimate of drug-likeness (QED) is 0.757. The topological polar surface area (TPSA) is 82.8 Å². The fraction of sp³-hybridized carbons (Fsp3) is 0.111. The van der Waals surface area contributed by atoms with Crippen LogP contribution in [0, 0.1) is 0 Å². The lowest BCUT2D eigenvalue weighted by Gasteiger charge is -2.19. The van der Waals surface area contributed by atoms with E-state index in [2.05, 4.69) is 0 Å². The van der Waals surface area contributed by atoms with Crippen LogP contribution >= 0.6 is 0 Å². The summed E-state index contributed by atoms with van der Waals surface area (Å²) in [5.41, 5.74) is -0.0750. The second kappa shape index (κ2) is 5.73. The second-order valence-corrected chi connectivity index (χ2v) is 5.46. The van der Waals surface area contributed by atoms with Crippen molar-refractivity contribution in [2.75, 3.05) is 11.9 Å². The molecular weight excluding hydrogens is 308 g/mol.